The van der Waals surface area contributed by atoms with Crippen molar-refractivity contribution in [2.45, 2.75) is 26.6 Å². The standard InChI is InChI=1S/C22H18F3N3O2/c1-13(2)29-21-9-14(23)3-8-17(21)18-10-20-19(11-26-18)27-12-28(20)15-4-6-16(7-5-15)30-22(24)25/h3-13,22H,1-2H3. The van der Waals surface area contributed by atoms with Crippen LogP contribution >= 0.6 is 0 Å². The number of aromatic nitrogens is 3. The molecule has 4 rings (SSSR count). The molecule has 154 valence electrons. The number of hydrogen-bond acceptors (Lipinski definition) is 4. The van der Waals surface area contributed by atoms with Crippen LogP contribution in [0, 0.1) is 5.82 Å². The van der Waals surface area contributed by atoms with Gasteiger partial charge in [0, 0.05) is 17.3 Å². The van der Waals surface area contributed by atoms with Crippen LogP contribution in [0.4, 0.5) is 13.2 Å². The minimum atomic E-state index is -2.88. The summed E-state index contributed by atoms with van der Waals surface area (Å²) in [5, 5.41) is 0. The zero-order chi connectivity index (χ0) is 21.3. The van der Waals surface area contributed by atoms with Crippen molar-refractivity contribution in [3.63, 3.8) is 0 Å². The van der Waals surface area contributed by atoms with Gasteiger partial charge >= 0.3 is 6.61 Å². The Labute approximate surface area is 170 Å². The van der Waals surface area contributed by atoms with Crippen molar-refractivity contribution in [3.8, 4) is 28.4 Å². The van der Waals surface area contributed by atoms with Crippen molar-refractivity contribution in [3.05, 3.63) is 66.9 Å². The summed E-state index contributed by atoms with van der Waals surface area (Å²) in [6.07, 6.45) is 3.11. The van der Waals surface area contributed by atoms with Crippen molar-refractivity contribution < 1.29 is 22.6 Å². The van der Waals surface area contributed by atoms with E-state index in [1.54, 1.807) is 35.3 Å². The molecule has 0 radical (unpaired) electrons. The maximum absolute atomic E-state index is 13.7. The SMILES string of the molecule is CC(C)Oc1cc(F)ccc1-c1cc2c(cn1)ncn2-c1ccc(OC(F)F)cc1. The van der Waals surface area contributed by atoms with Gasteiger partial charge in [-0.3, -0.25) is 9.55 Å². The Morgan fingerprint density at radius 3 is 2.40 bits per heavy atom. The molecule has 0 spiro atoms. The van der Waals surface area contributed by atoms with Crippen LogP contribution in [-0.4, -0.2) is 27.3 Å². The van der Waals surface area contributed by atoms with Gasteiger partial charge < -0.3 is 9.47 Å². The van der Waals surface area contributed by atoms with Crippen molar-refractivity contribution in [1.29, 1.82) is 0 Å². The fourth-order valence-electron chi connectivity index (χ4n) is 3.11. The average Bonchev–Trinajstić information content (AvgIpc) is 3.11. The van der Waals surface area contributed by atoms with E-state index >= 15 is 0 Å². The van der Waals surface area contributed by atoms with Crippen LogP contribution in [0.5, 0.6) is 11.5 Å². The van der Waals surface area contributed by atoms with Gasteiger partial charge in [-0.1, -0.05) is 0 Å². The largest absolute Gasteiger partial charge is 0.490 e. The lowest BCUT2D eigenvalue weighted by Gasteiger charge is -2.14. The van der Waals surface area contributed by atoms with Crippen LogP contribution in [0.25, 0.3) is 28.0 Å². The topological polar surface area (TPSA) is 49.2 Å². The van der Waals surface area contributed by atoms with Crippen LogP contribution in [0.1, 0.15) is 13.8 Å². The van der Waals surface area contributed by atoms with Gasteiger partial charge in [0.1, 0.15) is 29.2 Å². The van der Waals surface area contributed by atoms with Crippen molar-refractivity contribution in [1.82, 2.24) is 14.5 Å². The van der Waals surface area contributed by atoms with E-state index in [9.17, 15) is 13.2 Å². The minimum absolute atomic E-state index is 0.0716. The number of alkyl halides is 2. The Morgan fingerprint density at radius 1 is 0.933 bits per heavy atom. The highest BCUT2D eigenvalue weighted by Gasteiger charge is 2.14. The highest BCUT2D eigenvalue weighted by molar-refractivity contribution is 5.82. The molecule has 2 aromatic carbocycles. The minimum Gasteiger partial charge on any atom is -0.490 e. The number of halogens is 3. The monoisotopic (exact) mass is 413 g/mol. The Kier molecular flexibility index (Phi) is 5.31. The van der Waals surface area contributed by atoms with E-state index < -0.39 is 12.4 Å². The first kappa shape index (κ1) is 19.8. The molecule has 0 bridgehead atoms. The van der Waals surface area contributed by atoms with Crippen LogP contribution < -0.4 is 9.47 Å². The van der Waals surface area contributed by atoms with Crippen LogP contribution in [0.2, 0.25) is 0 Å². The molecule has 0 atom stereocenters. The third-order valence-corrected chi connectivity index (χ3v) is 4.36. The van der Waals surface area contributed by atoms with Crippen LogP contribution in [-0.2, 0) is 0 Å². The van der Waals surface area contributed by atoms with Gasteiger partial charge in [-0.25, -0.2) is 9.37 Å². The van der Waals surface area contributed by atoms with E-state index in [0.29, 0.717) is 28.2 Å². The van der Waals surface area contributed by atoms with E-state index in [0.717, 1.165) is 5.52 Å². The number of benzene rings is 2. The summed E-state index contributed by atoms with van der Waals surface area (Å²) in [5.41, 5.74) is 3.37. The predicted molar refractivity (Wildman–Crippen MR) is 107 cm³/mol. The van der Waals surface area contributed by atoms with E-state index in [1.165, 1.54) is 24.3 Å². The quantitative estimate of drug-likeness (QED) is 0.412. The summed E-state index contributed by atoms with van der Waals surface area (Å²) in [6, 6.07) is 12.4. The second-order valence-electron chi connectivity index (χ2n) is 6.85. The molecule has 4 aromatic rings. The highest BCUT2D eigenvalue weighted by atomic mass is 19.3. The summed E-state index contributed by atoms with van der Waals surface area (Å²) in [5.74, 6) is 0.0744. The Morgan fingerprint density at radius 2 is 1.70 bits per heavy atom. The summed E-state index contributed by atoms with van der Waals surface area (Å²) in [4.78, 5) is 8.79. The highest BCUT2D eigenvalue weighted by Crippen LogP contribution is 2.32. The van der Waals surface area contributed by atoms with Gasteiger partial charge in [-0.2, -0.15) is 8.78 Å². The lowest BCUT2D eigenvalue weighted by atomic mass is 10.1. The van der Waals surface area contributed by atoms with Gasteiger partial charge in [0.25, 0.3) is 0 Å². The maximum Gasteiger partial charge on any atom is 0.387 e. The van der Waals surface area contributed by atoms with Crippen molar-refractivity contribution >= 4 is 11.0 Å². The molecule has 5 nitrogen and oxygen atoms in total. The number of nitrogens with zero attached hydrogens (tertiary/aromatic N) is 3. The molecule has 0 aliphatic rings. The molecule has 0 aliphatic heterocycles. The first-order valence-corrected chi connectivity index (χ1v) is 9.25. The second kappa shape index (κ2) is 8.06. The molecule has 0 fully saturated rings. The average molecular weight is 413 g/mol. The number of pyridine rings is 1. The fourth-order valence-corrected chi connectivity index (χ4v) is 3.11. The van der Waals surface area contributed by atoms with E-state index in [-0.39, 0.29) is 11.9 Å². The molecule has 0 saturated carbocycles. The summed E-state index contributed by atoms with van der Waals surface area (Å²) >= 11 is 0. The third-order valence-electron chi connectivity index (χ3n) is 4.36. The first-order valence-electron chi connectivity index (χ1n) is 9.25. The molecule has 0 amide bonds. The number of imidazole rings is 1. The van der Waals surface area contributed by atoms with Crippen molar-refractivity contribution in [2.24, 2.45) is 0 Å². The fraction of sp³-hybridized carbons (Fsp3) is 0.182. The van der Waals surface area contributed by atoms with Gasteiger partial charge in [-0.05, 0) is 56.3 Å². The molecule has 2 aromatic heterocycles. The molecule has 0 aliphatic carbocycles. The Hall–Kier alpha value is -3.55. The van der Waals surface area contributed by atoms with Gasteiger partial charge in [0.15, 0.2) is 0 Å². The Balaban J connectivity index is 1.76. The van der Waals surface area contributed by atoms with Gasteiger partial charge in [0.05, 0.1) is 23.5 Å². The number of hydrogen-bond donors (Lipinski definition) is 0. The lowest BCUT2D eigenvalue weighted by Crippen LogP contribution is -2.07. The Bertz CT molecular complexity index is 1170. The maximum atomic E-state index is 13.7. The summed E-state index contributed by atoms with van der Waals surface area (Å²) in [6.45, 7) is 0.848. The third kappa shape index (κ3) is 4.07. The molecular formula is C22H18F3N3O2. The predicted octanol–water partition coefficient (Wildman–Crippen LogP) is 5.62. The molecule has 2 heterocycles. The molecule has 8 heteroatoms. The molecule has 30 heavy (non-hydrogen) atoms. The van der Waals surface area contributed by atoms with E-state index in [4.69, 9.17) is 4.74 Å². The summed E-state index contributed by atoms with van der Waals surface area (Å²) < 4.78 is 50.4. The molecule has 0 unspecified atom stereocenters. The lowest BCUT2D eigenvalue weighted by molar-refractivity contribution is -0.0498. The van der Waals surface area contributed by atoms with Gasteiger partial charge in [0.2, 0.25) is 0 Å². The normalized spacial score (nSPS) is 11.4. The van der Waals surface area contributed by atoms with Crippen LogP contribution in [0.3, 0.4) is 0 Å². The van der Waals surface area contributed by atoms with E-state index in [1.807, 2.05) is 19.9 Å². The number of rotatable bonds is 6. The zero-order valence-corrected chi connectivity index (χ0v) is 16.2. The number of ether oxygens (including phenoxy) is 2. The molecule has 0 N–H and O–H groups in total. The molecular weight excluding hydrogens is 395 g/mol. The van der Waals surface area contributed by atoms with Gasteiger partial charge in [-0.15, -0.1) is 0 Å². The molecule has 0 saturated heterocycles. The smallest absolute Gasteiger partial charge is 0.387 e. The summed E-state index contributed by atoms with van der Waals surface area (Å²) in [7, 11) is 0. The van der Waals surface area contributed by atoms with E-state index in [2.05, 4.69) is 14.7 Å². The number of fused-ring (bicyclic) bond motifs is 1. The van der Waals surface area contributed by atoms with Crippen molar-refractivity contribution in [2.75, 3.05) is 0 Å². The second-order valence-corrected chi connectivity index (χ2v) is 6.85. The first-order chi connectivity index (χ1) is 14.4. The zero-order valence-electron chi connectivity index (χ0n) is 16.2. The van der Waals surface area contributed by atoms with Crippen LogP contribution in [0.15, 0.2) is 61.1 Å².